The summed E-state index contributed by atoms with van der Waals surface area (Å²) in [6.07, 6.45) is 1.74. The fourth-order valence-corrected chi connectivity index (χ4v) is 2.12. The van der Waals surface area contributed by atoms with E-state index >= 15 is 0 Å². The summed E-state index contributed by atoms with van der Waals surface area (Å²) in [5, 5.41) is 0. The van der Waals surface area contributed by atoms with E-state index < -0.39 is 0 Å². The van der Waals surface area contributed by atoms with Crippen LogP contribution in [0.25, 0.3) is 0 Å². The van der Waals surface area contributed by atoms with Crippen molar-refractivity contribution in [2.24, 2.45) is 5.92 Å². The van der Waals surface area contributed by atoms with Gasteiger partial charge in [-0.3, -0.25) is 4.79 Å². The van der Waals surface area contributed by atoms with Crippen LogP contribution < -0.4 is 0 Å². The minimum atomic E-state index is 0.00690. The Bertz CT molecular complexity index is 358. The zero-order valence-corrected chi connectivity index (χ0v) is 7.85. The third-order valence-corrected chi connectivity index (χ3v) is 3.04. The lowest BCUT2D eigenvalue weighted by molar-refractivity contribution is -0.129. The maximum Gasteiger partial charge on any atom is 0.141 e. The number of ether oxygens (including phenoxy) is 1. The molecule has 2 heteroatoms. The van der Waals surface area contributed by atoms with Gasteiger partial charge in [-0.05, 0) is 12.0 Å². The summed E-state index contributed by atoms with van der Waals surface area (Å²) < 4.78 is 5.80. The number of rotatable bonds is 1. The second-order valence-electron chi connectivity index (χ2n) is 4.09. The zero-order chi connectivity index (χ0) is 9.54. The van der Waals surface area contributed by atoms with Gasteiger partial charge >= 0.3 is 0 Å². The average molecular weight is 188 g/mol. The molecule has 1 saturated carbocycles. The molecule has 1 aromatic carbocycles. The van der Waals surface area contributed by atoms with E-state index in [1.165, 1.54) is 0 Å². The molecule has 2 aliphatic rings. The van der Waals surface area contributed by atoms with Crippen molar-refractivity contribution in [2.45, 2.75) is 25.0 Å². The fourth-order valence-electron chi connectivity index (χ4n) is 2.12. The van der Waals surface area contributed by atoms with Gasteiger partial charge in [0.15, 0.2) is 0 Å². The van der Waals surface area contributed by atoms with Crippen LogP contribution in [0.4, 0.5) is 0 Å². The largest absolute Gasteiger partial charge is 0.369 e. The lowest BCUT2D eigenvalue weighted by Gasteiger charge is -2.21. The highest BCUT2D eigenvalue weighted by atomic mass is 16.5. The quantitative estimate of drug-likeness (QED) is 0.674. The van der Waals surface area contributed by atoms with Crippen molar-refractivity contribution < 1.29 is 9.53 Å². The van der Waals surface area contributed by atoms with Gasteiger partial charge in [0.25, 0.3) is 0 Å². The van der Waals surface area contributed by atoms with Gasteiger partial charge < -0.3 is 4.74 Å². The molecule has 2 fully saturated rings. The first-order chi connectivity index (χ1) is 6.84. The highest BCUT2D eigenvalue weighted by Gasteiger charge is 2.49. The van der Waals surface area contributed by atoms with Crippen molar-refractivity contribution in [3.05, 3.63) is 35.9 Å². The maximum atomic E-state index is 11.5. The molecule has 0 radical (unpaired) electrons. The van der Waals surface area contributed by atoms with Crippen LogP contribution in [0.15, 0.2) is 30.3 Å². The van der Waals surface area contributed by atoms with Crippen LogP contribution in [-0.2, 0) is 9.53 Å². The number of ketones is 1. The third kappa shape index (κ3) is 1.26. The number of hydrogen-bond donors (Lipinski definition) is 0. The molecular weight excluding hydrogens is 176 g/mol. The molecule has 72 valence electrons. The Kier molecular flexibility index (Phi) is 1.71. The topological polar surface area (TPSA) is 26.3 Å². The number of Topliss-reactive ketones (excluding diaryl/α,β-unsaturated/α-hetero) is 1. The van der Waals surface area contributed by atoms with Crippen molar-refractivity contribution >= 4 is 5.78 Å². The first-order valence-corrected chi connectivity index (χ1v) is 5.08. The highest BCUT2D eigenvalue weighted by Crippen LogP contribution is 2.45. The summed E-state index contributed by atoms with van der Waals surface area (Å²) >= 11 is 0. The minimum Gasteiger partial charge on any atom is -0.369 e. The van der Waals surface area contributed by atoms with Gasteiger partial charge in [0.05, 0.1) is 12.2 Å². The van der Waals surface area contributed by atoms with Crippen LogP contribution in [0.2, 0.25) is 0 Å². The summed E-state index contributed by atoms with van der Waals surface area (Å²) in [6, 6.07) is 10.0. The molecule has 1 aliphatic carbocycles. The Morgan fingerprint density at radius 1 is 1.21 bits per heavy atom. The molecule has 3 unspecified atom stereocenters. The third-order valence-electron chi connectivity index (χ3n) is 3.04. The maximum absolute atomic E-state index is 11.5. The average Bonchev–Trinajstić information content (AvgIpc) is 2.99. The Morgan fingerprint density at radius 2 is 2.00 bits per heavy atom. The normalized spacial score (nSPS) is 35.1. The molecule has 0 amide bonds. The number of hydrogen-bond acceptors (Lipinski definition) is 2. The van der Waals surface area contributed by atoms with Gasteiger partial charge in [-0.25, -0.2) is 0 Å². The van der Waals surface area contributed by atoms with Crippen molar-refractivity contribution in [2.75, 3.05) is 0 Å². The number of fused-ring (bicyclic) bond motifs is 1. The van der Waals surface area contributed by atoms with E-state index in [0.29, 0.717) is 12.2 Å². The molecule has 1 aromatic rings. The van der Waals surface area contributed by atoms with Crippen LogP contribution in [0, 0.1) is 5.92 Å². The second-order valence-corrected chi connectivity index (χ2v) is 4.09. The Hall–Kier alpha value is -1.15. The predicted molar refractivity (Wildman–Crippen MR) is 51.8 cm³/mol. The first-order valence-electron chi connectivity index (χ1n) is 5.08. The minimum absolute atomic E-state index is 0.00690. The number of carbonyl (C=O) groups excluding carboxylic acids is 1. The van der Waals surface area contributed by atoms with E-state index in [-0.39, 0.29) is 18.1 Å². The van der Waals surface area contributed by atoms with Crippen LogP contribution >= 0.6 is 0 Å². The SMILES string of the molecule is O=C1CC(c2ccccc2)OC2CC12. The lowest BCUT2D eigenvalue weighted by Crippen LogP contribution is -2.20. The number of carbonyl (C=O) groups is 1. The molecule has 0 bridgehead atoms. The summed E-state index contributed by atoms with van der Waals surface area (Å²) in [5.41, 5.74) is 1.13. The molecule has 3 atom stereocenters. The molecule has 2 nitrogen and oxygen atoms in total. The highest BCUT2D eigenvalue weighted by molar-refractivity contribution is 5.85. The molecule has 3 rings (SSSR count). The summed E-state index contributed by atoms with van der Waals surface area (Å²) in [4.78, 5) is 11.5. The molecule has 1 aliphatic heterocycles. The fraction of sp³-hybridized carbons (Fsp3) is 0.417. The summed E-state index contributed by atoms with van der Waals surface area (Å²) in [7, 11) is 0. The van der Waals surface area contributed by atoms with Crippen molar-refractivity contribution in [1.82, 2.24) is 0 Å². The zero-order valence-electron chi connectivity index (χ0n) is 7.85. The van der Waals surface area contributed by atoms with Gasteiger partial charge in [-0.2, -0.15) is 0 Å². The van der Waals surface area contributed by atoms with E-state index in [1.54, 1.807) is 0 Å². The van der Waals surface area contributed by atoms with Crippen LogP contribution in [0.5, 0.6) is 0 Å². The van der Waals surface area contributed by atoms with Gasteiger partial charge in [-0.1, -0.05) is 30.3 Å². The first kappa shape index (κ1) is 8.18. The molecule has 14 heavy (non-hydrogen) atoms. The van der Waals surface area contributed by atoms with Crippen LogP contribution in [0.1, 0.15) is 24.5 Å². The summed E-state index contributed by atoms with van der Waals surface area (Å²) in [6.45, 7) is 0. The van der Waals surface area contributed by atoms with Crippen molar-refractivity contribution in [1.29, 1.82) is 0 Å². The standard InChI is InChI=1S/C12H12O2/c13-10-7-11(14-12-6-9(10)12)8-4-2-1-3-5-8/h1-5,9,11-12H,6-7H2. The summed E-state index contributed by atoms with van der Waals surface area (Å²) in [5.74, 6) is 0.616. The number of benzene rings is 1. The molecule has 0 spiro atoms. The molecule has 1 saturated heterocycles. The van der Waals surface area contributed by atoms with E-state index in [4.69, 9.17) is 4.74 Å². The van der Waals surface area contributed by atoms with Crippen LogP contribution in [-0.4, -0.2) is 11.9 Å². The predicted octanol–water partition coefficient (Wildman–Crippen LogP) is 2.11. The van der Waals surface area contributed by atoms with Crippen molar-refractivity contribution in [3.8, 4) is 0 Å². The van der Waals surface area contributed by atoms with E-state index in [0.717, 1.165) is 12.0 Å². The van der Waals surface area contributed by atoms with E-state index in [9.17, 15) is 4.79 Å². The van der Waals surface area contributed by atoms with Gasteiger partial charge in [0, 0.05) is 12.3 Å². The Morgan fingerprint density at radius 3 is 2.71 bits per heavy atom. The lowest BCUT2D eigenvalue weighted by atomic mass is 10.0. The van der Waals surface area contributed by atoms with Gasteiger partial charge in [0.2, 0.25) is 0 Å². The van der Waals surface area contributed by atoms with Gasteiger partial charge in [0.1, 0.15) is 5.78 Å². The molecular formula is C12H12O2. The second kappa shape index (κ2) is 2.92. The van der Waals surface area contributed by atoms with E-state index in [1.807, 2.05) is 30.3 Å². The Labute approximate surface area is 82.9 Å². The molecule has 0 aromatic heterocycles. The van der Waals surface area contributed by atoms with Crippen LogP contribution in [0.3, 0.4) is 0 Å². The van der Waals surface area contributed by atoms with E-state index in [2.05, 4.69) is 0 Å². The molecule has 0 N–H and O–H groups in total. The molecule has 1 heterocycles. The van der Waals surface area contributed by atoms with Crippen molar-refractivity contribution in [3.63, 3.8) is 0 Å². The smallest absolute Gasteiger partial charge is 0.141 e. The Balaban J connectivity index is 1.83. The monoisotopic (exact) mass is 188 g/mol. The van der Waals surface area contributed by atoms with Gasteiger partial charge in [-0.15, -0.1) is 0 Å².